The molecule has 1 aromatic heterocycles. The summed E-state index contributed by atoms with van der Waals surface area (Å²) in [6, 6.07) is 2.52. The molecule has 0 amide bonds. The van der Waals surface area contributed by atoms with Gasteiger partial charge in [0.25, 0.3) is 0 Å². The Bertz CT molecular complexity index is 333. The molecule has 0 fully saturated rings. The third-order valence-corrected chi connectivity index (χ3v) is 3.00. The number of hydrogen-bond acceptors (Lipinski definition) is 2. The average molecular weight is 232 g/mol. The lowest BCUT2D eigenvalue weighted by Crippen LogP contribution is -2.23. The monoisotopic (exact) mass is 232 g/mol. The van der Waals surface area contributed by atoms with Crippen LogP contribution in [0.25, 0.3) is 0 Å². The van der Waals surface area contributed by atoms with Crippen LogP contribution in [-0.2, 0) is 0 Å². The van der Waals surface area contributed by atoms with Crippen molar-refractivity contribution in [1.82, 2.24) is 10.3 Å². The topological polar surface area (TPSA) is 24.9 Å². The van der Waals surface area contributed by atoms with Gasteiger partial charge in [-0.1, -0.05) is 13.0 Å². The summed E-state index contributed by atoms with van der Waals surface area (Å²) < 4.78 is 0. The molecule has 0 spiro atoms. The van der Waals surface area contributed by atoms with Crippen molar-refractivity contribution >= 4 is 0 Å². The summed E-state index contributed by atoms with van der Waals surface area (Å²) in [5, 5.41) is 3.61. The normalized spacial score (nSPS) is 12.4. The fraction of sp³-hybridized carbons (Fsp3) is 0.533. The lowest BCUT2D eigenvalue weighted by atomic mass is 9.98. The molecule has 94 valence electrons. The van der Waals surface area contributed by atoms with E-state index < -0.39 is 0 Å². The second-order valence-corrected chi connectivity index (χ2v) is 4.46. The molecule has 1 rings (SSSR count). The molecule has 17 heavy (non-hydrogen) atoms. The van der Waals surface area contributed by atoms with E-state index in [0.29, 0.717) is 6.04 Å². The molecule has 0 aliphatic rings. The van der Waals surface area contributed by atoms with Gasteiger partial charge in [-0.2, -0.15) is 0 Å². The minimum atomic E-state index is 0.434. The zero-order valence-electron chi connectivity index (χ0n) is 11.1. The van der Waals surface area contributed by atoms with E-state index in [1.807, 2.05) is 18.5 Å². The highest BCUT2D eigenvalue weighted by molar-refractivity contribution is 5.25. The number of unbranched alkanes of at least 4 members (excludes halogenated alkanes) is 1. The third-order valence-electron chi connectivity index (χ3n) is 3.00. The van der Waals surface area contributed by atoms with Crippen molar-refractivity contribution in [2.24, 2.45) is 0 Å². The first-order valence-electron chi connectivity index (χ1n) is 6.54. The van der Waals surface area contributed by atoms with Gasteiger partial charge >= 0.3 is 0 Å². The van der Waals surface area contributed by atoms with Gasteiger partial charge in [-0.15, -0.1) is 6.58 Å². The Hall–Kier alpha value is -1.15. The van der Waals surface area contributed by atoms with Crippen molar-refractivity contribution in [3.05, 3.63) is 42.2 Å². The molecule has 1 unspecified atom stereocenters. The van der Waals surface area contributed by atoms with Crippen LogP contribution in [0, 0.1) is 6.92 Å². The predicted octanol–water partition coefficient (Wildman–Crippen LogP) is 3.79. The molecule has 1 aromatic rings. The maximum atomic E-state index is 4.24. The van der Waals surface area contributed by atoms with Crippen LogP contribution in [0.2, 0.25) is 0 Å². The Kier molecular flexibility index (Phi) is 6.56. The molecule has 0 bridgehead atoms. The third kappa shape index (κ3) is 4.70. The van der Waals surface area contributed by atoms with E-state index in [-0.39, 0.29) is 0 Å². The molecule has 1 heterocycles. The maximum Gasteiger partial charge on any atom is 0.0338 e. The van der Waals surface area contributed by atoms with Crippen LogP contribution in [0.1, 0.15) is 49.8 Å². The van der Waals surface area contributed by atoms with Crippen LogP contribution in [0.3, 0.4) is 0 Å². The van der Waals surface area contributed by atoms with E-state index in [1.165, 1.54) is 17.5 Å². The van der Waals surface area contributed by atoms with E-state index in [4.69, 9.17) is 0 Å². The number of rotatable bonds is 8. The minimum Gasteiger partial charge on any atom is -0.310 e. The molecular weight excluding hydrogens is 208 g/mol. The number of aryl methyl sites for hydroxylation is 1. The summed E-state index contributed by atoms with van der Waals surface area (Å²) in [5.41, 5.74) is 2.66. The number of allylic oxidation sites excluding steroid dienone is 1. The number of hydrogen-bond donors (Lipinski definition) is 1. The van der Waals surface area contributed by atoms with Crippen molar-refractivity contribution < 1.29 is 0 Å². The number of nitrogens with one attached hydrogen (secondary N) is 1. The fourth-order valence-electron chi connectivity index (χ4n) is 1.99. The maximum absolute atomic E-state index is 4.24. The second-order valence-electron chi connectivity index (χ2n) is 4.46. The average Bonchev–Trinajstić information content (AvgIpc) is 2.35. The first kappa shape index (κ1) is 13.9. The standard InChI is InChI=1S/C15H24N2/c1-4-6-7-8-15(17-10-5-2)14-12-16-11-9-13(14)3/h4,9,11-12,15,17H,1,5-8,10H2,2-3H3. The summed E-state index contributed by atoms with van der Waals surface area (Å²) in [6.45, 7) is 9.20. The zero-order chi connectivity index (χ0) is 12.5. The molecular formula is C15H24N2. The van der Waals surface area contributed by atoms with E-state index in [2.05, 4.69) is 36.8 Å². The highest BCUT2D eigenvalue weighted by Crippen LogP contribution is 2.21. The first-order valence-corrected chi connectivity index (χ1v) is 6.54. The van der Waals surface area contributed by atoms with E-state index in [0.717, 1.165) is 25.8 Å². The molecule has 0 aliphatic heterocycles. The lowest BCUT2D eigenvalue weighted by molar-refractivity contribution is 0.483. The summed E-state index contributed by atoms with van der Waals surface area (Å²) in [6.07, 6.45) is 10.4. The Labute approximate surface area is 105 Å². The summed E-state index contributed by atoms with van der Waals surface area (Å²) in [4.78, 5) is 4.24. The highest BCUT2D eigenvalue weighted by atomic mass is 14.9. The van der Waals surface area contributed by atoms with E-state index in [9.17, 15) is 0 Å². The van der Waals surface area contributed by atoms with Crippen LogP contribution >= 0.6 is 0 Å². The Morgan fingerprint density at radius 1 is 1.53 bits per heavy atom. The summed E-state index contributed by atoms with van der Waals surface area (Å²) in [7, 11) is 0. The molecule has 1 N–H and O–H groups in total. The molecule has 2 heteroatoms. The molecule has 2 nitrogen and oxygen atoms in total. The van der Waals surface area contributed by atoms with Gasteiger partial charge in [-0.25, -0.2) is 0 Å². The van der Waals surface area contributed by atoms with Crippen LogP contribution in [0.4, 0.5) is 0 Å². The van der Waals surface area contributed by atoms with Gasteiger partial charge in [0.2, 0.25) is 0 Å². The number of nitrogens with zero attached hydrogens (tertiary/aromatic N) is 1. The SMILES string of the molecule is C=CCCCC(NCCC)c1cnccc1C. The smallest absolute Gasteiger partial charge is 0.0338 e. The van der Waals surface area contributed by atoms with E-state index in [1.54, 1.807) is 0 Å². The van der Waals surface area contributed by atoms with Gasteiger partial charge in [0.1, 0.15) is 0 Å². The molecule has 0 aromatic carbocycles. The lowest BCUT2D eigenvalue weighted by Gasteiger charge is -2.20. The Morgan fingerprint density at radius 2 is 2.35 bits per heavy atom. The minimum absolute atomic E-state index is 0.434. The van der Waals surface area contributed by atoms with Crippen molar-refractivity contribution in [1.29, 1.82) is 0 Å². The molecule has 0 radical (unpaired) electrons. The second kappa shape index (κ2) is 8.02. The van der Waals surface area contributed by atoms with Gasteiger partial charge in [0, 0.05) is 18.4 Å². The van der Waals surface area contributed by atoms with Gasteiger partial charge < -0.3 is 5.32 Å². The van der Waals surface area contributed by atoms with Gasteiger partial charge in [-0.3, -0.25) is 4.98 Å². The molecule has 1 atom stereocenters. The fourth-order valence-corrected chi connectivity index (χ4v) is 1.99. The van der Waals surface area contributed by atoms with Crippen molar-refractivity contribution in [3.8, 4) is 0 Å². The molecule has 0 aliphatic carbocycles. The zero-order valence-corrected chi connectivity index (χ0v) is 11.1. The largest absolute Gasteiger partial charge is 0.310 e. The highest BCUT2D eigenvalue weighted by Gasteiger charge is 2.12. The Balaban J connectivity index is 2.67. The van der Waals surface area contributed by atoms with Crippen molar-refractivity contribution in [2.75, 3.05) is 6.54 Å². The van der Waals surface area contributed by atoms with Gasteiger partial charge in [0.05, 0.1) is 0 Å². The Morgan fingerprint density at radius 3 is 3.00 bits per heavy atom. The predicted molar refractivity (Wildman–Crippen MR) is 74.1 cm³/mol. The van der Waals surface area contributed by atoms with Crippen molar-refractivity contribution in [3.63, 3.8) is 0 Å². The van der Waals surface area contributed by atoms with Crippen LogP contribution < -0.4 is 5.32 Å². The number of aromatic nitrogens is 1. The number of pyridine rings is 1. The van der Waals surface area contributed by atoms with Crippen LogP contribution in [0.5, 0.6) is 0 Å². The quantitative estimate of drug-likeness (QED) is 0.545. The summed E-state index contributed by atoms with van der Waals surface area (Å²) >= 11 is 0. The van der Waals surface area contributed by atoms with Gasteiger partial charge in [0.15, 0.2) is 0 Å². The van der Waals surface area contributed by atoms with Gasteiger partial charge in [-0.05, 0) is 56.3 Å². The van der Waals surface area contributed by atoms with Crippen molar-refractivity contribution in [2.45, 2.75) is 45.6 Å². The molecule has 0 saturated carbocycles. The van der Waals surface area contributed by atoms with Crippen LogP contribution in [-0.4, -0.2) is 11.5 Å². The first-order chi connectivity index (χ1) is 8.29. The summed E-state index contributed by atoms with van der Waals surface area (Å²) in [5.74, 6) is 0. The van der Waals surface area contributed by atoms with E-state index >= 15 is 0 Å². The van der Waals surface area contributed by atoms with Crippen LogP contribution in [0.15, 0.2) is 31.1 Å². The molecule has 0 saturated heterocycles.